The predicted octanol–water partition coefficient (Wildman–Crippen LogP) is 2.83. The number of hydrogen-bond donors (Lipinski definition) is 0. The molecule has 3 aliphatic rings. The van der Waals surface area contributed by atoms with E-state index in [4.69, 9.17) is 16.3 Å². The Kier molecular flexibility index (Phi) is 7.86. The first-order valence-electron chi connectivity index (χ1n) is 11.7. The van der Waals surface area contributed by atoms with Gasteiger partial charge in [0.05, 0.1) is 19.6 Å². The summed E-state index contributed by atoms with van der Waals surface area (Å²) in [7, 11) is 0. The lowest BCUT2D eigenvalue weighted by Gasteiger charge is -2.40. The molecule has 0 N–H and O–H groups in total. The molecule has 1 aromatic rings. The summed E-state index contributed by atoms with van der Waals surface area (Å²) in [5.74, 6) is 0.606. The van der Waals surface area contributed by atoms with Gasteiger partial charge in [0.25, 0.3) is 0 Å². The van der Waals surface area contributed by atoms with Gasteiger partial charge in [0, 0.05) is 56.3 Å². The zero-order chi connectivity index (χ0) is 21.6. The summed E-state index contributed by atoms with van der Waals surface area (Å²) in [6.07, 6.45) is 5.24. The van der Waals surface area contributed by atoms with Crippen LogP contribution >= 0.6 is 11.6 Å². The number of ether oxygens (including phenoxy) is 1. The molecule has 31 heavy (non-hydrogen) atoms. The molecule has 7 heteroatoms. The smallest absolute Gasteiger partial charge is 0.227 e. The normalized spacial score (nSPS) is 22.4. The maximum absolute atomic E-state index is 13.1. The van der Waals surface area contributed by atoms with Gasteiger partial charge >= 0.3 is 0 Å². The van der Waals surface area contributed by atoms with Gasteiger partial charge in [-0.05, 0) is 43.7 Å². The largest absolute Gasteiger partial charge is 0.379 e. The second kappa shape index (κ2) is 10.8. The average Bonchev–Trinajstić information content (AvgIpc) is 3.64. The Hall–Kier alpha value is -1.63. The highest BCUT2D eigenvalue weighted by Gasteiger charge is 2.38. The number of rotatable bonds is 8. The molecule has 0 radical (unpaired) electrons. The van der Waals surface area contributed by atoms with Crippen molar-refractivity contribution in [3.8, 4) is 0 Å². The molecular weight excluding hydrogens is 414 g/mol. The Morgan fingerprint density at radius 3 is 2.61 bits per heavy atom. The van der Waals surface area contributed by atoms with Crippen molar-refractivity contribution in [3.05, 3.63) is 34.9 Å². The molecule has 2 aliphatic heterocycles. The summed E-state index contributed by atoms with van der Waals surface area (Å²) < 4.78 is 5.43. The first kappa shape index (κ1) is 22.6. The van der Waals surface area contributed by atoms with Crippen LogP contribution in [0, 0.1) is 5.92 Å². The van der Waals surface area contributed by atoms with Crippen LogP contribution < -0.4 is 0 Å². The SMILES string of the molecule is O=C(Cc1ccccc1Cl)N1CCCC(N(CCCN2CCOCC2)C(=O)C2CC2)C1. The first-order valence-corrected chi connectivity index (χ1v) is 12.1. The van der Waals surface area contributed by atoms with E-state index in [0.29, 0.717) is 23.9 Å². The minimum absolute atomic E-state index is 0.102. The first-order chi connectivity index (χ1) is 15.1. The Balaban J connectivity index is 1.34. The molecule has 1 unspecified atom stereocenters. The monoisotopic (exact) mass is 447 g/mol. The maximum atomic E-state index is 13.1. The van der Waals surface area contributed by atoms with Crippen LogP contribution in [-0.2, 0) is 20.7 Å². The molecule has 1 saturated carbocycles. The van der Waals surface area contributed by atoms with Gasteiger partial charge in [-0.2, -0.15) is 0 Å². The highest BCUT2D eigenvalue weighted by Crippen LogP contribution is 2.33. The lowest BCUT2D eigenvalue weighted by molar-refractivity contribution is -0.140. The molecule has 0 bridgehead atoms. The molecule has 1 aliphatic carbocycles. The van der Waals surface area contributed by atoms with Gasteiger partial charge in [-0.25, -0.2) is 0 Å². The minimum Gasteiger partial charge on any atom is -0.379 e. The number of carbonyl (C=O) groups excluding carboxylic acids is 2. The van der Waals surface area contributed by atoms with Crippen molar-refractivity contribution in [1.29, 1.82) is 0 Å². The van der Waals surface area contributed by atoms with Gasteiger partial charge in [-0.15, -0.1) is 0 Å². The third-order valence-electron chi connectivity index (χ3n) is 6.68. The lowest BCUT2D eigenvalue weighted by Crippen LogP contribution is -2.53. The van der Waals surface area contributed by atoms with Gasteiger partial charge < -0.3 is 14.5 Å². The Labute approximate surface area is 190 Å². The van der Waals surface area contributed by atoms with E-state index >= 15 is 0 Å². The number of piperidine rings is 1. The standard InChI is InChI=1S/C24H34ClN3O3/c25-22-7-2-1-5-20(22)17-23(29)27-11-3-6-21(18-27)28(24(30)19-8-9-19)12-4-10-26-13-15-31-16-14-26/h1-2,5,7,19,21H,3-4,6,8-18H2. The van der Waals surface area contributed by atoms with Gasteiger partial charge in [0.15, 0.2) is 0 Å². The van der Waals surface area contributed by atoms with Crippen LogP contribution in [0.2, 0.25) is 5.02 Å². The molecule has 2 heterocycles. The fourth-order valence-corrected chi connectivity index (χ4v) is 4.88. The summed E-state index contributed by atoms with van der Waals surface area (Å²) in [5.41, 5.74) is 0.868. The van der Waals surface area contributed by atoms with Crippen LogP contribution in [0.3, 0.4) is 0 Å². The van der Waals surface area contributed by atoms with E-state index < -0.39 is 0 Å². The van der Waals surface area contributed by atoms with E-state index in [9.17, 15) is 9.59 Å². The maximum Gasteiger partial charge on any atom is 0.227 e. The third kappa shape index (κ3) is 6.21. The average molecular weight is 448 g/mol. The van der Waals surface area contributed by atoms with Crippen molar-refractivity contribution in [3.63, 3.8) is 0 Å². The summed E-state index contributed by atoms with van der Waals surface area (Å²) in [6.45, 7) is 6.74. The molecule has 1 atom stereocenters. The van der Waals surface area contributed by atoms with E-state index in [-0.39, 0.29) is 17.9 Å². The molecule has 6 nitrogen and oxygen atoms in total. The van der Waals surface area contributed by atoms with Gasteiger partial charge in [-0.3, -0.25) is 14.5 Å². The highest BCUT2D eigenvalue weighted by atomic mass is 35.5. The molecule has 2 saturated heterocycles. The molecule has 4 rings (SSSR count). The molecular formula is C24H34ClN3O3. The summed E-state index contributed by atoms with van der Waals surface area (Å²) in [6, 6.07) is 7.66. The van der Waals surface area contributed by atoms with Crippen molar-refractivity contribution in [2.24, 2.45) is 5.92 Å². The highest BCUT2D eigenvalue weighted by molar-refractivity contribution is 6.31. The zero-order valence-corrected chi connectivity index (χ0v) is 19.1. The Morgan fingerprint density at radius 1 is 1.10 bits per heavy atom. The topological polar surface area (TPSA) is 53.1 Å². The van der Waals surface area contributed by atoms with Crippen molar-refractivity contribution in [2.75, 3.05) is 52.5 Å². The van der Waals surface area contributed by atoms with Crippen LogP contribution in [0.5, 0.6) is 0 Å². The number of hydrogen-bond acceptors (Lipinski definition) is 4. The predicted molar refractivity (Wildman–Crippen MR) is 121 cm³/mol. The fraction of sp³-hybridized carbons (Fsp3) is 0.667. The molecule has 0 aromatic heterocycles. The zero-order valence-electron chi connectivity index (χ0n) is 18.3. The van der Waals surface area contributed by atoms with Crippen LogP contribution in [0.4, 0.5) is 0 Å². The number of amides is 2. The van der Waals surface area contributed by atoms with Gasteiger partial charge in [0.2, 0.25) is 11.8 Å². The van der Waals surface area contributed by atoms with Crippen LogP contribution in [0.25, 0.3) is 0 Å². The van der Waals surface area contributed by atoms with Crippen molar-refractivity contribution in [2.45, 2.75) is 44.6 Å². The summed E-state index contributed by atoms with van der Waals surface area (Å²) in [4.78, 5) is 32.5. The summed E-state index contributed by atoms with van der Waals surface area (Å²) >= 11 is 6.26. The third-order valence-corrected chi connectivity index (χ3v) is 7.04. The number of morpholine rings is 1. The van der Waals surface area contributed by atoms with E-state index in [1.165, 1.54) is 0 Å². The molecule has 170 valence electrons. The molecule has 3 fully saturated rings. The number of halogens is 1. The van der Waals surface area contributed by atoms with Gasteiger partial charge in [0.1, 0.15) is 0 Å². The second-order valence-electron chi connectivity index (χ2n) is 9.02. The van der Waals surface area contributed by atoms with Crippen molar-refractivity contribution >= 4 is 23.4 Å². The van der Waals surface area contributed by atoms with E-state index in [1.54, 1.807) is 0 Å². The lowest BCUT2D eigenvalue weighted by atomic mass is 10.0. The fourth-order valence-electron chi connectivity index (χ4n) is 4.68. The van der Waals surface area contributed by atoms with Crippen LogP contribution in [0.15, 0.2) is 24.3 Å². The number of nitrogens with zero attached hydrogens (tertiary/aromatic N) is 3. The number of carbonyl (C=O) groups is 2. The number of likely N-dealkylation sites (tertiary alicyclic amines) is 1. The molecule has 1 aromatic carbocycles. The van der Waals surface area contributed by atoms with E-state index in [1.807, 2.05) is 29.2 Å². The van der Waals surface area contributed by atoms with Crippen LogP contribution in [0.1, 0.15) is 37.7 Å². The Bertz CT molecular complexity index is 764. The van der Waals surface area contributed by atoms with Gasteiger partial charge in [-0.1, -0.05) is 29.8 Å². The molecule has 2 amide bonds. The number of benzene rings is 1. The van der Waals surface area contributed by atoms with Crippen LogP contribution in [-0.4, -0.2) is 85.0 Å². The minimum atomic E-state index is 0.102. The summed E-state index contributed by atoms with van der Waals surface area (Å²) in [5, 5.41) is 0.637. The van der Waals surface area contributed by atoms with Crippen molar-refractivity contribution < 1.29 is 14.3 Å². The molecule has 0 spiro atoms. The van der Waals surface area contributed by atoms with E-state index in [2.05, 4.69) is 9.80 Å². The van der Waals surface area contributed by atoms with Crippen molar-refractivity contribution in [1.82, 2.24) is 14.7 Å². The second-order valence-corrected chi connectivity index (χ2v) is 9.42. The Morgan fingerprint density at radius 2 is 1.87 bits per heavy atom. The van der Waals surface area contributed by atoms with E-state index in [0.717, 1.165) is 83.6 Å². The quantitative estimate of drug-likeness (QED) is 0.615.